The Labute approximate surface area is 306 Å². The van der Waals surface area contributed by atoms with Gasteiger partial charge in [0.05, 0.1) is 0 Å². The number of hydrogen-bond donors (Lipinski definition) is 0. The van der Waals surface area contributed by atoms with Crippen molar-refractivity contribution in [3.05, 3.63) is 182 Å². The summed E-state index contributed by atoms with van der Waals surface area (Å²) in [5.74, 6) is 0. The Balaban J connectivity index is 1.13. The fourth-order valence-corrected chi connectivity index (χ4v) is 11.0. The predicted octanol–water partition coefficient (Wildman–Crippen LogP) is 13.9. The Morgan fingerprint density at radius 1 is 0.288 bits per heavy atom. The van der Waals surface area contributed by atoms with E-state index in [-0.39, 0.29) is 14.5 Å². The molecule has 0 amide bonds. The summed E-state index contributed by atoms with van der Waals surface area (Å²) in [5, 5.41) is 12.9. The van der Waals surface area contributed by atoms with Crippen molar-refractivity contribution < 1.29 is 4.42 Å². The molecule has 0 radical (unpaired) electrons. The van der Waals surface area contributed by atoms with Gasteiger partial charge in [0.2, 0.25) is 0 Å². The van der Waals surface area contributed by atoms with E-state index in [1.54, 1.807) is 6.26 Å². The van der Waals surface area contributed by atoms with Crippen LogP contribution in [0.2, 0.25) is 0 Å². The van der Waals surface area contributed by atoms with Gasteiger partial charge in [0.15, 0.2) is 0 Å². The first-order valence-corrected chi connectivity index (χ1v) is 19.4. The summed E-state index contributed by atoms with van der Waals surface area (Å²) >= 11 is 0.212. The zero-order valence-corrected chi connectivity index (χ0v) is 29.9. The van der Waals surface area contributed by atoms with Crippen molar-refractivity contribution in [2.45, 2.75) is 0 Å². The molecule has 0 bridgehead atoms. The molecule has 0 unspecified atom stereocenters. The number of furan rings is 1. The van der Waals surface area contributed by atoms with Gasteiger partial charge in [-0.1, -0.05) is 0 Å². The predicted molar refractivity (Wildman–Crippen MR) is 222 cm³/mol. The molecule has 0 atom stereocenters. The van der Waals surface area contributed by atoms with Crippen LogP contribution in [0.1, 0.15) is 0 Å². The van der Waals surface area contributed by atoms with E-state index in [0.29, 0.717) is 0 Å². The molecular formula is C50H30OSe. The van der Waals surface area contributed by atoms with Crippen LogP contribution in [0.3, 0.4) is 0 Å². The van der Waals surface area contributed by atoms with Gasteiger partial charge in [-0.25, -0.2) is 0 Å². The normalized spacial score (nSPS) is 11.8. The van der Waals surface area contributed by atoms with Crippen LogP contribution in [0.4, 0.5) is 0 Å². The molecule has 2 aromatic heterocycles. The molecule has 2 heterocycles. The quantitative estimate of drug-likeness (QED) is 0.130. The first-order chi connectivity index (χ1) is 25.8. The molecule has 0 spiro atoms. The van der Waals surface area contributed by atoms with E-state index in [1.807, 2.05) is 6.26 Å². The van der Waals surface area contributed by atoms with Gasteiger partial charge in [-0.05, 0) is 0 Å². The van der Waals surface area contributed by atoms with Gasteiger partial charge in [-0.15, -0.1) is 0 Å². The van der Waals surface area contributed by atoms with Crippen LogP contribution in [0.5, 0.6) is 0 Å². The van der Waals surface area contributed by atoms with Crippen LogP contribution in [0.15, 0.2) is 187 Å². The zero-order valence-electron chi connectivity index (χ0n) is 28.1. The van der Waals surface area contributed by atoms with E-state index in [2.05, 4.69) is 170 Å². The van der Waals surface area contributed by atoms with E-state index < -0.39 is 0 Å². The summed E-state index contributed by atoms with van der Waals surface area (Å²) in [6.07, 6.45) is 3.63. The molecule has 9 aromatic carbocycles. The van der Waals surface area contributed by atoms with Gasteiger partial charge in [0, 0.05) is 0 Å². The van der Waals surface area contributed by atoms with Gasteiger partial charge in [0.25, 0.3) is 0 Å². The van der Waals surface area contributed by atoms with Gasteiger partial charge < -0.3 is 0 Å². The molecule has 0 N–H and O–H groups in total. The average molecular weight is 726 g/mol. The van der Waals surface area contributed by atoms with Gasteiger partial charge in [0.1, 0.15) is 0 Å². The van der Waals surface area contributed by atoms with Crippen LogP contribution in [-0.2, 0) is 0 Å². The number of hydrogen-bond acceptors (Lipinski definition) is 1. The Morgan fingerprint density at radius 2 is 0.731 bits per heavy atom. The van der Waals surface area contributed by atoms with Gasteiger partial charge in [-0.3, -0.25) is 0 Å². The number of rotatable bonds is 4. The van der Waals surface area contributed by atoms with E-state index in [9.17, 15) is 0 Å². The maximum atomic E-state index is 5.57. The summed E-state index contributed by atoms with van der Waals surface area (Å²) in [4.78, 5) is 0. The third-order valence-electron chi connectivity index (χ3n) is 10.8. The minimum absolute atomic E-state index is 0.212. The molecule has 0 aliphatic rings. The van der Waals surface area contributed by atoms with Crippen molar-refractivity contribution in [3.63, 3.8) is 0 Å². The van der Waals surface area contributed by atoms with Gasteiger partial charge >= 0.3 is 308 Å². The Hall–Kier alpha value is -6.18. The summed E-state index contributed by atoms with van der Waals surface area (Å²) in [6.45, 7) is 0. The topological polar surface area (TPSA) is 13.1 Å². The molecule has 242 valence electrons. The first-order valence-electron chi connectivity index (χ1n) is 17.7. The molecule has 0 saturated carbocycles. The minimum atomic E-state index is 0.212. The second-order valence-electron chi connectivity index (χ2n) is 13.6. The third-order valence-corrected chi connectivity index (χ3v) is 13.2. The van der Waals surface area contributed by atoms with Crippen molar-refractivity contribution in [3.8, 4) is 44.5 Å². The van der Waals surface area contributed by atoms with Crippen molar-refractivity contribution in [1.82, 2.24) is 0 Å². The van der Waals surface area contributed by atoms with E-state index in [1.165, 1.54) is 101 Å². The maximum absolute atomic E-state index is 5.57. The Bertz CT molecular complexity index is 3050. The third kappa shape index (κ3) is 4.42. The molecule has 0 aliphatic carbocycles. The first kappa shape index (κ1) is 29.5. The molecule has 11 rings (SSSR count). The van der Waals surface area contributed by atoms with Crippen LogP contribution in [-0.4, -0.2) is 14.5 Å². The fourth-order valence-electron chi connectivity index (χ4n) is 8.60. The van der Waals surface area contributed by atoms with Crippen LogP contribution in [0, 0.1) is 0 Å². The average Bonchev–Trinajstić information content (AvgIpc) is 3.87. The number of benzene rings is 9. The molecule has 0 aliphatic heterocycles. The summed E-state index contributed by atoms with van der Waals surface area (Å²) in [6, 6.07) is 62.9. The van der Waals surface area contributed by atoms with E-state index in [4.69, 9.17) is 4.42 Å². The second kappa shape index (κ2) is 11.7. The molecule has 1 nitrogen and oxygen atoms in total. The summed E-state index contributed by atoms with van der Waals surface area (Å²) in [5.41, 5.74) is 10.0. The summed E-state index contributed by atoms with van der Waals surface area (Å²) < 4.78 is 8.46. The molecular weight excluding hydrogens is 696 g/mol. The molecule has 11 aromatic rings. The van der Waals surface area contributed by atoms with Crippen molar-refractivity contribution in [1.29, 1.82) is 0 Å². The van der Waals surface area contributed by atoms with Crippen LogP contribution in [0.25, 0.3) is 107 Å². The molecule has 0 fully saturated rings. The van der Waals surface area contributed by atoms with E-state index in [0.717, 1.165) is 5.56 Å². The molecule has 0 saturated heterocycles. The summed E-state index contributed by atoms with van der Waals surface area (Å²) in [7, 11) is 0. The molecule has 52 heavy (non-hydrogen) atoms. The molecule has 2 heteroatoms. The van der Waals surface area contributed by atoms with E-state index >= 15 is 0 Å². The Morgan fingerprint density at radius 3 is 1.23 bits per heavy atom. The zero-order chi connectivity index (χ0) is 34.2. The fraction of sp³-hybridized carbons (Fsp3) is 0. The van der Waals surface area contributed by atoms with Crippen molar-refractivity contribution >= 4 is 76.9 Å². The van der Waals surface area contributed by atoms with Gasteiger partial charge in [-0.2, -0.15) is 0 Å². The second-order valence-corrected chi connectivity index (χ2v) is 15.9. The van der Waals surface area contributed by atoms with Crippen LogP contribution < -0.4 is 0 Å². The van der Waals surface area contributed by atoms with Crippen molar-refractivity contribution in [2.75, 3.05) is 0 Å². The monoisotopic (exact) mass is 726 g/mol. The number of fused-ring (bicyclic) bond motifs is 7. The standard InChI is InChI=1S/C50H30OSe/c1-2-12-31(13-3-1)47-36-14-4-6-16-38(36)49(39-17-7-5-15-37(39)47)33-22-24-35-44-28-32(23-25-45(44)52-46(35)29-33)48-40-18-8-10-20-42(40)50(34-26-27-51-30-34)43-21-11-9-19-41(43)48/h1-30H. The van der Waals surface area contributed by atoms with Crippen LogP contribution >= 0.6 is 0 Å². The SMILES string of the molecule is c1ccc(-c2c3ccccc3c(-c3ccc4c(c3)[se]c3ccc(-c5c6ccccc6c(-c6ccoc6)c6ccccc56)cc34)c3ccccc23)cc1. The Kier molecular flexibility index (Phi) is 6.64. The van der Waals surface area contributed by atoms with Crippen molar-refractivity contribution in [2.24, 2.45) is 0 Å².